The standard InChI is InChI=1S/C8H12N2O2/c1-5(9)6-3-4-7(10-6)8(11)12-2/h3-5,10H,9H2,1-2H3. The van der Waals surface area contributed by atoms with E-state index in [9.17, 15) is 4.79 Å². The first-order valence-corrected chi connectivity index (χ1v) is 3.68. The first-order valence-electron chi connectivity index (χ1n) is 3.68. The van der Waals surface area contributed by atoms with Gasteiger partial charge in [-0.05, 0) is 19.1 Å². The Kier molecular flexibility index (Phi) is 2.50. The van der Waals surface area contributed by atoms with E-state index in [2.05, 4.69) is 9.72 Å². The number of aromatic amines is 1. The summed E-state index contributed by atoms with van der Waals surface area (Å²) in [5.41, 5.74) is 6.85. The zero-order valence-electron chi connectivity index (χ0n) is 7.13. The van der Waals surface area contributed by atoms with Crippen LogP contribution >= 0.6 is 0 Å². The molecule has 1 atom stereocenters. The quantitative estimate of drug-likeness (QED) is 0.642. The second-order valence-corrected chi connectivity index (χ2v) is 2.61. The number of hydrogen-bond acceptors (Lipinski definition) is 3. The Hall–Kier alpha value is -1.29. The van der Waals surface area contributed by atoms with Gasteiger partial charge in [0, 0.05) is 11.7 Å². The second-order valence-electron chi connectivity index (χ2n) is 2.61. The third kappa shape index (κ3) is 1.65. The lowest BCUT2D eigenvalue weighted by Crippen LogP contribution is -2.07. The van der Waals surface area contributed by atoms with Crippen molar-refractivity contribution in [3.05, 3.63) is 23.5 Å². The SMILES string of the molecule is COC(=O)c1ccc(C(C)N)[nH]1. The van der Waals surface area contributed by atoms with Crippen molar-refractivity contribution in [2.45, 2.75) is 13.0 Å². The highest BCUT2D eigenvalue weighted by molar-refractivity contribution is 5.87. The van der Waals surface area contributed by atoms with Gasteiger partial charge >= 0.3 is 5.97 Å². The number of nitrogens with two attached hydrogens (primary N) is 1. The molecule has 1 aromatic rings. The van der Waals surface area contributed by atoms with Crippen molar-refractivity contribution < 1.29 is 9.53 Å². The van der Waals surface area contributed by atoms with Gasteiger partial charge in [0.25, 0.3) is 0 Å². The molecule has 0 bridgehead atoms. The fourth-order valence-corrected chi connectivity index (χ4v) is 0.907. The first-order chi connectivity index (χ1) is 5.65. The minimum atomic E-state index is -0.373. The predicted molar refractivity (Wildman–Crippen MR) is 44.7 cm³/mol. The molecule has 0 aromatic carbocycles. The molecular formula is C8H12N2O2. The van der Waals surface area contributed by atoms with Crippen LogP contribution in [-0.2, 0) is 4.74 Å². The molecule has 4 heteroatoms. The average molecular weight is 168 g/mol. The zero-order chi connectivity index (χ0) is 9.14. The summed E-state index contributed by atoms with van der Waals surface area (Å²) >= 11 is 0. The van der Waals surface area contributed by atoms with Gasteiger partial charge in [0.2, 0.25) is 0 Å². The van der Waals surface area contributed by atoms with E-state index in [0.29, 0.717) is 5.69 Å². The number of methoxy groups -OCH3 is 1. The normalized spacial score (nSPS) is 12.6. The number of ether oxygens (including phenoxy) is 1. The van der Waals surface area contributed by atoms with E-state index < -0.39 is 0 Å². The summed E-state index contributed by atoms with van der Waals surface area (Å²) in [7, 11) is 1.34. The number of esters is 1. The Labute approximate surface area is 70.7 Å². The lowest BCUT2D eigenvalue weighted by Gasteiger charge is -2.00. The van der Waals surface area contributed by atoms with Crippen molar-refractivity contribution in [2.24, 2.45) is 5.73 Å². The molecule has 0 saturated carbocycles. The molecular weight excluding hydrogens is 156 g/mol. The van der Waals surface area contributed by atoms with Crippen LogP contribution in [0.15, 0.2) is 12.1 Å². The van der Waals surface area contributed by atoms with E-state index in [1.165, 1.54) is 7.11 Å². The lowest BCUT2D eigenvalue weighted by atomic mass is 10.3. The third-order valence-electron chi connectivity index (χ3n) is 1.60. The monoisotopic (exact) mass is 168 g/mol. The summed E-state index contributed by atoms with van der Waals surface area (Å²) < 4.78 is 4.52. The zero-order valence-corrected chi connectivity index (χ0v) is 7.13. The number of hydrogen-bond donors (Lipinski definition) is 2. The lowest BCUT2D eigenvalue weighted by molar-refractivity contribution is 0.0594. The number of carbonyl (C=O) groups excluding carboxylic acids is 1. The topological polar surface area (TPSA) is 68.1 Å². The van der Waals surface area contributed by atoms with Crippen LogP contribution in [0.3, 0.4) is 0 Å². The van der Waals surface area contributed by atoms with Crippen molar-refractivity contribution in [3.8, 4) is 0 Å². The number of carbonyl (C=O) groups is 1. The number of aromatic nitrogens is 1. The van der Waals surface area contributed by atoms with Crippen LogP contribution in [-0.4, -0.2) is 18.1 Å². The Balaban J connectivity index is 2.84. The molecule has 0 aliphatic rings. The summed E-state index contributed by atoms with van der Waals surface area (Å²) in [5.74, 6) is -0.373. The minimum absolute atomic E-state index is 0.0941. The maximum absolute atomic E-state index is 11.0. The van der Waals surface area contributed by atoms with Gasteiger partial charge in [0.1, 0.15) is 5.69 Å². The molecule has 4 nitrogen and oxygen atoms in total. The third-order valence-corrected chi connectivity index (χ3v) is 1.60. The van der Waals surface area contributed by atoms with Gasteiger partial charge in [-0.15, -0.1) is 0 Å². The molecule has 1 heterocycles. The fourth-order valence-electron chi connectivity index (χ4n) is 0.907. The van der Waals surface area contributed by atoms with E-state index in [1.54, 1.807) is 12.1 Å². The molecule has 66 valence electrons. The van der Waals surface area contributed by atoms with Crippen LogP contribution in [0, 0.1) is 0 Å². The summed E-state index contributed by atoms with van der Waals surface area (Å²) in [5, 5.41) is 0. The summed E-state index contributed by atoms with van der Waals surface area (Å²) in [6.45, 7) is 1.84. The Morgan fingerprint density at radius 3 is 2.75 bits per heavy atom. The highest BCUT2D eigenvalue weighted by atomic mass is 16.5. The first kappa shape index (κ1) is 8.80. The molecule has 0 aliphatic heterocycles. The number of nitrogens with one attached hydrogen (secondary N) is 1. The van der Waals surface area contributed by atoms with Gasteiger partial charge in [-0.3, -0.25) is 0 Å². The molecule has 3 N–H and O–H groups in total. The Bertz CT molecular complexity index is 278. The Morgan fingerprint density at radius 1 is 1.67 bits per heavy atom. The summed E-state index contributed by atoms with van der Waals surface area (Å²) in [6.07, 6.45) is 0. The molecule has 0 fully saturated rings. The largest absolute Gasteiger partial charge is 0.464 e. The molecule has 0 aliphatic carbocycles. The fraction of sp³-hybridized carbons (Fsp3) is 0.375. The number of rotatable bonds is 2. The van der Waals surface area contributed by atoms with Gasteiger partial charge in [0.15, 0.2) is 0 Å². The second kappa shape index (κ2) is 3.40. The molecule has 0 saturated heterocycles. The molecule has 0 radical (unpaired) electrons. The average Bonchev–Trinajstić information content (AvgIpc) is 2.51. The molecule has 1 unspecified atom stereocenters. The maximum atomic E-state index is 11.0. The van der Waals surface area contributed by atoms with Crippen LogP contribution in [0.5, 0.6) is 0 Å². The summed E-state index contributed by atoms with van der Waals surface area (Å²) in [6, 6.07) is 3.34. The van der Waals surface area contributed by atoms with Crippen LogP contribution < -0.4 is 5.73 Å². The molecule has 1 rings (SSSR count). The van der Waals surface area contributed by atoms with Gasteiger partial charge < -0.3 is 15.5 Å². The molecule has 12 heavy (non-hydrogen) atoms. The smallest absolute Gasteiger partial charge is 0.354 e. The summed E-state index contributed by atoms with van der Waals surface area (Å²) in [4.78, 5) is 13.8. The van der Waals surface area contributed by atoms with Crippen molar-refractivity contribution in [3.63, 3.8) is 0 Å². The van der Waals surface area contributed by atoms with Crippen LogP contribution in [0.1, 0.15) is 29.1 Å². The van der Waals surface area contributed by atoms with E-state index >= 15 is 0 Å². The van der Waals surface area contributed by atoms with Crippen LogP contribution in [0.25, 0.3) is 0 Å². The van der Waals surface area contributed by atoms with Gasteiger partial charge in [-0.1, -0.05) is 0 Å². The highest BCUT2D eigenvalue weighted by Crippen LogP contribution is 2.09. The van der Waals surface area contributed by atoms with Crippen LogP contribution in [0.4, 0.5) is 0 Å². The van der Waals surface area contributed by atoms with Crippen molar-refractivity contribution in [1.29, 1.82) is 0 Å². The maximum Gasteiger partial charge on any atom is 0.354 e. The Morgan fingerprint density at radius 2 is 2.33 bits per heavy atom. The van der Waals surface area contributed by atoms with Crippen molar-refractivity contribution in [1.82, 2.24) is 4.98 Å². The highest BCUT2D eigenvalue weighted by Gasteiger charge is 2.09. The predicted octanol–water partition coefficient (Wildman–Crippen LogP) is 0.821. The van der Waals surface area contributed by atoms with Crippen LogP contribution in [0.2, 0.25) is 0 Å². The van der Waals surface area contributed by atoms with Gasteiger partial charge in [-0.2, -0.15) is 0 Å². The van der Waals surface area contributed by atoms with E-state index in [4.69, 9.17) is 5.73 Å². The van der Waals surface area contributed by atoms with Gasteiger partial charge in [0.05, 0.1) is 7.11 Å². The number of H-pyrrole nitrogens is 1. The molecule has 0 amide bonds. The van der Waals surface area contributed by atoms with E-state index in [0.717, 1.165) is 5.69 Å². The van der Waals surface area contributed by atoms with Crippen molar-refractivity contribution >= 4 is 5.97 Å². The minimum Gasteiger partial charge on any atom is -0.464 e. The van der Waals surface area contributed by atoms with Crippen molar-refractivity contribution in [2.75, 3.05) is 7.11 Å². The van der Waals surface area contributed by atoms with Gasteiger partial charge in [-0.25, -0.2) is 4.79 Å². The van der Waals surface area contributed by atoms with E-state index in [-0.39, 0.29) is 12.0 Å². The molecule has 1 aromatic heterocycles. The molecule has 0 spiro atoms. The van der Waals surface area contributed by atoms with E-state index in [1.807, 2.05) is 6.92 Å².